The van der Waals surface area contributed by atoms with Crippen molar-refractivity contribution in [3.63, 3.8) is 0 Å². The zero-order valence-corrected chi connectivity index (χ0v) is 12.7. The Kier molecular flexibility index (Phi) is 4.26. The Bertz CT molecular complexity index is 618. The van der Waals surface area contributed by atoms with E-state index in [1.54, 1.807) is 0 Å². The van der Waals surface area contributed by atoms with Crippen LogP contribution in [0.5, 0.6) is 0 Å². The second-order valence-electron chi connectivity index (χ2n) is 5.16. The van der Waals surface area contributed by atoms with Crippen molar-refractivity contribution in [2.75, 3.05) is 13.2 Å². The summed E-state index contributed by atoms with van der Waals surface area (Å²) < 4.78 is 9.42. The minimum absolute atomic E-state index is 0.128. The highest BCUT2D eigenvalue weighted by Gasteiger charge is 2.20. The lowest BCUT2D eigenvalue weighted by atomic mass is 10.1. The number of rotatable bonds is 4. The molecule has 1 aliphatic heterocycles. The van der Waals surface area contributed by atoms with Crippen LogP contribution in [0.2, 0.25) is 0 Å². The van der Waals surface area contributed by atoms with Gasteiger partial charge >= 0.3 is 0 Å². The molecule has 1 amide bonds. The van der Waals surface area contributed by atoms with E-state index in [0.29, 0.717) is 12.2 Å². The number of amides is 1. The molecule has 0 aliphatic carbocycles. The van der Waals surface area contributed by atoms with Crippen LogP contribution in [0.3, 0.4) is 0 Å². The first-order valence-electron chi connectivity index (χ1n) is 7.03. The van der Waals surface area contributed by atoms with Crippen LogP contribution in [-0.2, 0) is 4.74 Å². The fraction of sp³-hybridized carbons (Fsp3) is 0.400. The van der Waals surface area contributed by atoms with Gasteiger partial charge in [-0.05, 0) is 36.9 Å². The minimum Gasteiger partial charge on any atom is -0.376 e. The van der Waals surface area contributed by atoms with Crippen molar-refractivity contribution in [1.82, 2.24) is 14.9 Å². The molecule has 0 saturated carbocycles. The molecule has 1 aliphatic rings. The van der Waals surface area contributed by atoms with Crippen molar-refractivity contribution < 1.29 is 9.53 Å². The molecule has 0 bridgehead atoms. The van der Waals surface area contributed by atoms with Crippen LogP contribution in [0.4, 0.5) is 0 Å². The molecule has 2 heterocycles. The molecule has 1 saturated heterocycles. The van der Waals surface area contributed by atoms with E-state index >= 15 is 0 Å². The van der Waals surface area contributed by atoms with Crippen LogP contribution in [-0.4, -0.2) is 34.7 Å². The number of carbonyl (C=O) groups is 1. The lowest BCUT2D eigenvalue weighted by Crippen LogP contribution is -2.32. The van der Waals surface area contributed by atoms with Gasteiger partial charge < -0.3 is 10.1 Å². The third kappa shape index (κ3) is 3.28. The molecule has 1 N–H and O–H groups in total. The summed E-state index contributed by atoms with van der Waals surface area (Å²) >= 11 is 1.24. The number of ether oxygens (including phenoxy) is 1. The summed E-state index contributed by atoms with van der Waals surface area (Å²) in [5.74, 6) is -0.185. The van der Waals surface area contributed by atoms with Gasteiger partial charge in [0.1, 0.15) is 0 Å². The molecule has 0 radical (unpaired) electrons. The Morgan fingerprint density at radius 2 is 2.24 bits per heavy atom. The monoisotopic (exact) mass is 303 g/mol. The molecule has 21 heavy (non-hydrogen) atoms. The summed E-state index contributed by atoms with van der Waals surface area (Å²) in [6.07, 6.45) is 2.19. The van der Waals surface area contributed by atoms with Crippen LogP contribution < -0.4 is 5.32 Å². The predicted octanol–water partition coefficient (Wildman–Crippen LogP) is 2.42. The second-order valence-corrected chi connectivity index (χ2v) is 5.92. The van der Waals surface area contributed by atoms with E-state index in [9.17, 15) is 4.79 Å². The molecule has 110 valence electrons. The molecule has 1 atom stereocenters. The SMILES string of the molecule is Cc1ccc(-c2snnc2C(=O)NC[C@@H]2CCCO2)cc1. The van der Waals surface area contributed by atoms with Gasteiger partial charge in [-0.25, -0.2) is 0 Å². The van der Waals surface area contributed by atoms with Crippen LogP contribution in [0, 0.1) is 6.92 Å². The summed E-state index contributed by atoms with van der Waals surface area (Å²) in [4.78, 5) is 13.1. The number of benzene rings is 1. The lowest BCUT2D eigenvalue weighted by molar-refractivity contribution is 0.0854. The van der Waals surface area contributed by atoms with E-state index in [1.165, 1.54) is 17.1 Å². The summed E-state index contributed by atoms with van der Waals surface area (Å²) in [5, 5.41) is 6.86. The third-order valence-corrected chi connectivity index (χ3v) is 4.31. The van der Waals surface area contributed by atoms with Crippen molar-refractivity contribution in [3.8, 4) is 10.4 Å². The molecule has 0 spiro atoms. The molecule has 6 heteroatoms. The van der Waals surface area contributed by atoms with Gasteiger partial charge in [-0.2, -0.15) is 0 Å². The maximum absolute atomic E-state index is 12.3. The van der Waals surface area contributed by atoms with Crippen molar-refractivity contribution >= 4 is 17.4 Å². The average Bonchev–Trinajstić information content (AvgIpc) is 3.17. The van der Waals surface area contributed by atoms with Gasteiger partial charge in [0.15, 0.2) is 5.69 Å². The quantitative estimate of drug-likeness (QED) is 0.942. The first-order valence-corrected chi connectivity index (χ1v) is 7.80. The number of hydrogen-bond donors (Lipinski definition) is 1. The summed E-state index contributed by atoms with van der Waals surface area (Å²) in [6, 6.07) is 8.01. The number of aromatic nitrogens is 2. The van der Waals surface area contributed by atoms with Gasteiger partial charge in [0.2, 0.25) is 0 Å². The second kappa shape index (κ2) is 6.32. The number of hydrogen-bond acceptors (Lipinski definition) is 5. The molecule has 5 nitrogen and oxygen atoms in total. The van der Waals surface area contributed by atoms with Crippen LogP contribution in [0.25, 0.3) is 10.4 Å². The number of aryl methyl sites for hydroxylation is 1. The topological polar surface area (TPSA) is 64.1 Å². The maximum atomic E-state index is 12.3. The number of nitrogens with one attached hydrogen (secondary N) is 1. The zero-order chi connectivity index (χ0) is 14.7. The fourth-order valence-electron chi connectivity index (χ4n) is 2.33. The van der Waals surface area contributed by atoms with Crippen molar-refractivity contribution in [3.05, 3.63) is 35.5 Å². The molecule has 0 unspecified atom stereocenters. The highest BCUT2D eigenvalue weighted by Crippen LogP contribution is 2.26. The smallest absolute Gasteiger partial charge is 0.273 e. The lowest BCUT2D eigenvalue weighted by Gasteiger charge is -2.10. The van der Waals surface area contributed by atoms with Gasteiger partial charge in [-0.15, -0.1) is 5.10 Å². The molecule has 2 aromatic rings. The molecular weight excluding hydrogens is 286 g/mol. The largest absolute Gasteiger partial charge is 0.376 e. The van der Waals surface area contributed by atoms with Gasteiger partial charge in [0, 0.05) is 13.2 Å². The Hall–Kier alpha value is -1.79. The van der Waals surface area contributed by atoms with Gasteiger partial charge in [-0.1, -0.05) is 34.3 Å². The van der Waals surface area contributed by atoms with E-state index < -0.39 is 0 Å². The first kappa shape index (κ1) is 14.2. The van der Waals surface area contributed by atoms with E-state index in [2.05, 4.69) is 14.9 Å². The van der Waals surface area contributed by atoms with Crippen LogP contribution in [0.15, 0.2) is 24.3 Å². The predicted molar refractivity (Wildman–Crippen MR) is 81.4 cm³/mol. The highest BCUT2D eigenvalue weighted by molar-refractivity contribution is 7.09. The van der Waals surface area contributed by atoms with Crippen molar-refractivity contribution in [2.45, 2.75) is 25.9 Å². The third-order valence-electron chi connectivity index (χ3n) is 3.53. The highest BCUT2D eigenvalue weighted by atomic mass is 32.1. The Labute approximate surface area is 127 Å². The van der Waals surface area contributed by atoms with Crippen molar-refractivity contribution in [1.29, 1.82) is 0 Å². The summed E-state index contributed by atoms with van der Waals surface area (Å²) in [7, 11) is 0. The number of carbonyl (C=O) groups excluding carboxylic acids is 1. The Morgan fingerprint density at radius 3 is 2.95 bits per heavy atom. The fourth-order valence-corrected chi connectivity index (χ4v) is 2.99. The van der Waals surface area contributed by atoms with Gasteiger partial charge in [-0.3, -0.25) is 4.79 Å². The average molecular weight is 303 g/mol. The van der Waals surface area contributed by atoms with E-state index in [-0.39, 0.29) is 12.0 Å². The minimum atomic E-state index is -0.185. The van der Waals surface area contributed by atoms with Crippen LogP contribution in [0.1, 0.15) is 28.9 Å². The number of nitrogens with zero attached hydrogens (tertiary/aromatic N) is 2. The normalized spacial score (nSPS) is 17.9. The Morgan fingerprint density at radius 1 is 1.43 bits per heavy atom. The van der Waals surface area contributed by atoms with E-state index in [4.69, 9.17) is 4.74 Å². The molecule has 1 fully saturated rings. The van der Waals surface area contributed by atoms with Crippen LogP contribution >= 0.6 is 11.5 Å². The zero-order valence-electron chi connectivity index (χ0n) is 11.8. The van der Waals surface area contributed by atoms with E-state index in [0.717, 1.165) is 29.9 Å². The molecule has 3 rings (SSSR count). The standard InChI is InChI=1S/C15H17N3O2S/c1-10-4-6-11(7-5-10)14-13(17-18-21-14)15(19)16-9-12-3-2-8-20-12/h4-7,12H,2-3,8-9H2,1H3,(H,16,19)/t12-/m0/s1. The Balaban J connectivity index is 1.72. The first-order chi connectivity index (χ1) is 10.2. The summed E-state index contributed by atoms with van der Waals surface area (Å²) in [5.41, 5.74) is 2.54. The maximum Gasteiger partial charge on any atom is 0.273 e. The van der Waals surface area contributed by atoms with Gasteiger partial charge in [0.25, 0.3) is 5.91 Å². The molecule has 1 aromatic carbocycles. The molecular formula is C15H17N3O2S. The summed E-state index contributed by atoms with van der Waals surface area (Å²) in [6.45, 7) is 3.35. The molecule has 1 aromatic heterocycles. The van der Waals surface area contributed by atoms with Crippen molar-refractivity contribution in [2.24, 2.45) is 0 Å². The van der Waals surface area contributed by atoms with Gasteiger partial charge in [0.05, 0.1) is 11.0 Å². The van der Waals surface area contributed by atoms with E-state index in [1.807, 2.05) is 31.2 Å².